The van der Waals surface area contributed by atoms with Gasteiger partial charge in [0.25, 0.3) is 0 Å². The monoisotopic (exact) mass is 524 g/mol. The van der Waals surface area contributed by atoms with Gasteiger partial charge in [-0.2, -0.15) is 10.5 Å². The highest BCUT2D eigenvalue weighted by atomic mass is 19.1. The van der Waals surface area contributed by atoms with Crippen LogP contribution in [0.5, 0.6) is 0 Å². The molecule has 1 saturated heterocycles. The van der Waals surface area contributed by atoms with Gasteiger partial charge in [0.2, 0.25) is 5.89 Å². The Morgan fingerprint density at radius 2 is 1.67 bits per heavy atom. The molecule has 3 aromatic carbocycles. The van der Waals surface area contributed by atoms with Crippen molar-refractivity contribution >= 4 is 6.01 Å². The van der Waals surface area contributed by atoms with Gasteiger partial charge in [-0.05, 0) is 78.9 Å². The molecule has 1 aromatic heterocycles. The molecule has 9 heteroatoms. The van der Waals surface area contributed by atoms with Crippen molar-refractivity contribution < 1.29 is 13.2 Å². The predicted octanol–water partition coefficient (Wildman–Crippen LogP) is 5.75. The van der Waals surface area contributed by atoms with E-state index in [4.69, 9.17) is 10.2 Å². The molecule has 0 bridgehead atoms. The number of nitrogens with two attached hydrogens (primary N) is 1. The quantitative estimate of drug-likeness (QED) is 0.327. The summed E-state index contributed by atoms with van der Waals surface area (Å²) in [6.07, 6.45) is 0. The topological polar surface area (TPSA) is 116 Å². The number of nitriles is 2. The summed E-state index contributed by atoms with van der Waals surface area (Å²) in [5.74, 6) is -0.972. The molecule has 5 rings (SSSR count). The fourth-order valence-corrected chi connectivity index (χ4v) is 5.60. The van der Waals surface area contributed by atoms with Crippen molar-refractivity contribution in [1.29, 1.82) is 10.5 Å². The molecule has 7 nitrogen and oxygen atoms in total. The van der Waals surface area contributed by atoms with Crippen LogP contribution in [0.25, 0.3) is 11.5 Å². The van der Waals surface area contributed by atoms with Crippen molar-refractivity contribution in [1.82, 2.24) is 15.1 Å². The highest BCUT2D eigenvalue weighted by Gasteiger charge is 2.45. The molecule has 4 aromatic rings. The molecule has 0 unspecified atom stereocenters. The van der Waals surface area contributed by atoms with Gasteiger partial charge in [-0.3, -0.25) is 4.90 Å². The zero-order valence-electron chi connectivity index (χ0n) is 21.5. The first-order valence-electron chi connectivity index (χ1n) is 12.5. The zero-order valence-corrected chi connectivity index (χ0v) is 21.5. The molecule has 0 amide bonds. The second-order valence-electron chi connectivity index (χ2n) is 10.3. The summed E-state index contributed by atoms with van der Waals surface area (Å²) in [5.41, 5.74) is 7.79. The van der Waals surface area contributed by atoms with Gasteiger partial charge in [0, 0.05) is 24.6 Å². The van der Waals surface area contributed by atoms with Crippen molar-refractivity contribution in [3.8, 4) is 23.6 Å². The van der Waals surface area contributed by atoms with Gasteiger partial charge >= 0.3 is 6.01 Å². The van der Waals surface area contributed by atoms with Crippen LogP contribution in [0.3, 0.4) is 0 Å². The molecule has 0 aliphatic carbocycles. The Morgan fingerprint density at radius 1 is 0.949 bits per heavy atom. The van der Waals surface area contributed by atoms with Gasteiger partial charge in [-0.1, -0.05) is 29.4 Å². The van der Waals surface area contributed by atoms with Crippen LogP contribution in [0.1, 0.15) is 53.6 Å². The molecule has 2 N–H and O–H groups in total. The van der Waals surface area contributed by atoms with E-state index in [9.17, 15) is 14.9 Å². The molecular weight excluding hydrogens is 498 g/mol. The van der Waals surface area contributed by atoms with E-state index in [1.807, 2.05) is 42.5 Å². The number of halogens is 2. The number of aromatic nitrogens is 2. The Balaban J connectivity index is 1.49. The van der Waals surface area contributed by atoms with Crippen molar-refractivity contribution in [2.24, 2.45) is 5.92 Å². The fourth-order valence-electron chi connectivity index (χ4n) is 5.60. The van der Waals surface area contributed by atoms with E-state index in [-0.39, 0.29) is 23.5 Å². The first-order valence-corrected chi connectivity index (χ1v) is 12.5. The molecule has 2 heterocycles. The Hall–Kier alpha value is -4.60. The van der Waals surface area contributed by atoms with E-state index in [0.29, 0.717) is 35.7 Å². The maximum absolute atomic E-state index is 15.6. The molecule has 0 saturated carbocycles. The van der Waals surface area contributed by atoms with Crippen molar-refractivity contribution in [3.63, 3.8) is 0 Å². The van der Waals surface area contributed by atoms with Crippen molar-refractivity contribution in [3.05, 3.63) is 100 Å². The Labute approximate surface area is 225 Å². The predicted molar refractivity (Wildman–Crippen MR) is 141 cm³/mol. The van der Waals surface area contributed by atoms with Gasteiger partial charge in [0.05, 0.1) is 29.3 Å². The van der Waals surface area contributed by atoms with Crippen LogP contribution in [0.4, 0.5) is 14.8 Å². The number of alkyl halides is 1. The van der Waals surface area contributed by atoms with Gasteiger partial charge in [-0.15, -0.1) is 5.10 Å². The van der Waals surface area contributed by atoms with Crippen LogP contribution in [-0.4, -0.2) is 33.9 Å². The number of rotatable bonds is 7. The molecule has 0 spiro atoms. The van der Waals surface area contributed by atoms with Gasteiger partial charge < -0.3 is 10.2 Å². The highest BCUT2D eigenvalue weighted by molar-refractivity contribution is 5.56. The van der Waals surface area contributed by atoms with Crippen molar-refractivity contribution in [2.45, 2.75) is 31.5 Å². The van der Waals surface area contributed by atoms with E-state index in [2.05, 4.69) is 21.2 Å². The summed E-state index contributed by atoms with van der Waals surface area (Å²) in [6.45, 7) is 4.07. The van der Waals surface area contributed by atoms with E-state index in [1.54, 1.807) is 18.2 Å². The Bertz CT molecular complexity index is 1570. The van der Waals surface area contributed by atoms with Crippen LogP contribution >= 0.6 is 0 Å². The molecule has 2 atom stereocenters. The largest absolute Gasteiger partial charge is 0.404 e. The molecule has 1 aliphatic rings. The SMILES string of the molecule is CC(C)(F)[C@H](c1cc(F)cc(C#N)c1)C1CN([C@@H](c2ccc(C#N)cc2)c2cccc(-c3nnc(N)o3)c2)C1. The third kappa shape index (κ3) is 5.36. The highest BCUT2D eigenvalue weighted by Crippen LogP contribution is 2.46. The van der Waals surface area contributed by atoms with Gasteiger partial charge in [0.15, 0.2) is 0 Å². The summed E-state index contributed by atoms with van der Waals surface area (Å²) in [7, 11) is 0. The number of anilines is 1. The second kappa shape index (κ2) is 10.3. The standard InChI is InChI=1S/C30H26F2N6O/c1-30(2,32)26(23-10-19(15-34)11-25(31)13-23)24-16-38(17-24)27(20-8-6-18(14-33)7-9-20)21-4-3-5-22(12-21)28-36-37-29(35)39-28/h3-13,24,26-27H,16-17H2,1-2H3,(H2,35,37)/t26-,27+/m1/s1. The molecule has 39 heavy (non-hydrogen) atoms. The number of benzene rings is 3. The third-order valence-electron chi connectivity index (χ3n) is 7.17. The van der Waals surface area contributed by atoms with Gasteiger partial charge in [-0.25, -0.2) is 8.78 Å². The Kier molecular flexibility index (Phi) is 6.86. The van der Waals surface area contributed by atoms with Gasteiger partial charge in [0.1, 0.15) is 11.5 Å². The zero-order chi connectivity index (χ0) is 27.7. The maximum Gasteiger partial charge on any atom is 0.313 e. The lowest BCUT2D eigenvalue weighted by atomic mass is 9.72. The summed E-state index contributed by atoms with van der Waals surface area (Å²) < 4.78 is 35.3. The number of hydrogen-bond donors (Lipinski definition) is 1. The summed E-state index contributed by atoms with van der Waals surface area (Å²) in [4.78, 5) is 2.22. The minimum absolute atomic E-state index is 0.0265. The average molecular weight is 525 g/mol. The minimum Gasteiger partial charge on any atom is -0.404 e. The molecular formula is C30H26F2N6O. The minimum atomic E-state index is -1.64. The van der Waals surface area contributed by atoms with Crippen LogP contribution in [0.15, 0.2) is 71.1 Å². The van der Waals surface area contributed by atoms with Crippen LogP contribution in [0.2, 0.25) is 0 Å². The number of nitrogen functional groups attached to an aromatic ring is 1. The van der Waals surface area contributed by atoms with Crippen LogP contribution in [-0.2, 0) is 0 Å². The third-order valence-corrected chi connectivity index (χ3v) is 7.17. The number of nitrogens with zero attached hydrogens (tertiary/aromatic N) is 5. The van der Waals surface area contributed by atoms with E-state index in [0.717, 1.165) is 17.2 Å². The smallest absolute Gasteiger partial charge is 0.313 e. The summed E-state index contributed by atoms with van der Waals surface area (Å²) in [5, 5.41) is 26.3. The first-order chi connectivity index (χ1) is 18.7. The van der Waals surface area contributed by atoms with E-state index >= 15 is 4.39 Å². The second-order valence-corrected chi connectivity index (χ2v) is 10.3. The normalized spacial score (nSPS) is 15.6. The average Bonchev–Trinajstić information content (AvgIpc) is 3.33. The van der Waals surface area contributed by atoms with E-state index < -0.39 is 17.4 Å². The molecule has 1 fully saturated rings. The van der Waals surface area contributed by atoms with Crippen molar-refractivity contribution in [2.75, 3.05) is 18.8 Å². The molecule has 0 radical (unpaired) electrons. The molecule has 1 aliphatic heterocycles. The van der Waals surface area contributed by atoms with Crippen LogP contribution < -0.4 is 5.73 Å². The Morgan fingerprint density at radius 3 is 2.28 bits per heavy atom. The number of hydrogen-bond acceptors (Lipinski definition) is 7. The maximum atomic E-state index is 15.6. The molecule has 196 valence electrons. The lowest BCUT2D eigenvalue weighted by Crippen LogP contribution is -2.53. The lowest BCUT2D eigenvalue weighted by Gasteiger charge is -2.50. The fraction of sp³-hybridized carbons (Fsp3) is 0.267. The van der Waals surface area contributed by atoms with E-state index in [1.165, 1.54) is 19.9 Å². The summed E-state index contributed by atoms with van der Waals surface area (Å²) >= 11 is 0. The first kappa shape index (κ1) is 26.0. The lowest BCUT2D eigenvalue weighted by molar-refractivity contribution is 0.00813. The van der Waals surface area contributed by atoms with Crippen LogP contribution in [0, 0.1) is 34.4 Å². The number of likely N-dealkylation sites (tertiary alicyclic amines) is 1. The summed E-state index contributed by atoms with van der Waals surface area (Å²) in [6, 6.07) is 23.0.